The van der Waals surface area contributed by atoms with Crippen LogP contribution in [0.1, 0.15) is 37.8 Å². The summed E-state index contributed by atoms with van der Waals surface area (Å²) < 4.78 is 0. The van der Waals surface area contributed by atoms with Crippen LogP contribution in [0.15, 0.2) is 48.5 Å². The van der Waals surface area contributed by atoms with Crippen LogP contribution in [0.4, 0.5) is 5.69 Å². The minimum Gasteiger partial charge on any atom is -0.508 e. The van der Waals surface area contributed by atoms with Crippen molar-refractivity contribution in [3.05, 3.63) is 59.7 Å². The minimum atomic E-state index is -0.512. The Kier molecular flexibility index (Phi) is 4.23. The molecule has 2 aliphatic rings. The van der Waals surface area contributed by atoms with E-state index in [0.29, 0.717) is 12.5 Å². The van der Waals surface area contributed by atoms with Crippen molar-refractivity contribution in [1.82, 2.24) is 5.32 Å². The molecule has 0 aliphatic carbocycles. The summed E-state index contributed by atoms with van der Waals surface area (Å²) in [5.74, 6) is 0.884. The highest BCUT2D eigenvalue weighted by molar-refractivity contribution is 6.09. The SMILES string of the molecule is CC(C)C[C@H]1NCC[C@@]12C(=O)N(Cc1ccccc1)c1cc(O)ccc12. The van der Waals surface area contributed by atoms with E-state index in [4.69, 9.17) is 0 Å². The Balaban J connectivity index is 1.79. The maximum atomic E-state index is 13.7. The fourth-order valence-electron chi connectivity index (χ4n) is 4.64. The number of hydrogen-bond donors (Lipinski definition) is 2. The fraction of sp³-hybridized carbons (Fsp3) is 0.409. The highest BCUT2D eigenvalue weighted by Gasteiger charge is 2.57. The van der Waals surface area contributed by atoms with Crippen molar-refractivity contribution in [3.63, 3.8) is 0 Å². The number of benzene rings is 2. The summed E-state index contributed by atoms with van der Waals surface area (Å²) in [6.07, 6.45) is 1.78. The zero-order chi connectivity index (χ0) is 18.3. The van der Waals surface area contributed by atoms with E-state index in [-0.39, 0.29) is 17.7 Å². The second kappa shape index (κ2) is 6.44. The monoisotopic (exact) mass is 350 g/mol. The lowest BCUT2D eigenvalue weighted by atomic mass is 9.73. The van der Waals surface area contributed by atoms with E-state index in [1.54, 1.807) is 12.1 Å². The molecule has 4 rings (SSSR count). The molecule has 4 heteroatoms. The van der Waals surface area contributed by atoms with Crippen LogP contribution in [0.25, 0.3) is 0 Å². The normalized spacial score (nSPS) is 24.7. The highest BCUT2D eigenvalue weighted by atomic mass is 16.3. The van der Waals surface area contributed by atoms with E-state index in [1.165, 1.54) is 0 Å². The Morgan fingerprint density at radius 2 is 2.00 bits per heavy atom. The van der Waals surface area contributed by atoms with E-state index < -0.39 is 5.41 Å². The lowest BCUT2D eigenvalue weighted by molar-refractivity contribution is -0.123. The van der Waals surface area contributed by atoms with Crippen molar-refractivity contribution in [3.8, 4) is 5.75 Å². The van der Waals surface area contributed by atoms with Crippen molar-refractivity contribution in [2.24, 2.45) is 5.92 Å². The van der Waals surface area contributed by atoms with Crippen LogP contribution >= 0.6 is 0 Å². The summed E-state index contributed by atoms with van der Waals surface area (Å²) in [4.78, 5) is 15.6. The molecule has 0 aromatic heterocycles. The molecule has 26 heavy (non-hydrogen) atoms. The van der Waals surface area contributed by atoms with Crippen molar-refractivity contribution in [2.75, 3.05) is 11.4 Å². The van der Waals surface area contributed by atoms with Crippen molar-refractivity contribution in [1.29, 1.82) is 0 Å². The lowest BCUT2D eigenvalue weighted by Crippen LogP contribution is -2.48. The number of nitrogens with one attached hydrogen (secondary N) is 1. The lowest BCUT2D eigenvalue weighted by Gasteiger charge is -2.31. The third kappa shape index (κ3) is 2.60. The molecule has 1 spiro atoms. The molecule has 0 saturated carbocycles. The van der Waals surface area contributed by atoms with Crippen LogP contribution in [0.2, 0.25) is 0 Å². The molecule has 0 unspecified atom stereocenters. The number of amides is 1. The Hall–Kier alpha value is -2.33. The molecular formula is C22H26N2O2. The van der Waals surface area contributed by atoms with Gasteiger partial charge >= 0.3 is 0 Å². The number of phenolic OH excluding ortho intramolecular Hbond substituents is 1. The number of carbonyl (C=O) groups is 1. The first-order valence-electron chi connectivity index (χ1n) is 9.45. The second-order valence-corrected chi connectivity index (χ2v) is 7.94. The molecule has 0 bridgehead atoms. The number of carbonyl (C=O) groups excluding carboxylic acids is 1. The quantitative estimate of drug-likeness (QED) is 0.886. The highest BCUT2D eigenvalue weighted by Crippen LogP contribution is 2.50. The molecule has 4 nitrogen and oxygen atoms in total. The summed E-state index contributed by atoms with van der Waals surface area (Å²) in [6, 6.07) is 15.6. The fourth-order valence-corrected chi connectivity index (χ4v) is 4.64. The maximum Gasteiger partial charge on any atom is 0.239 e. The molecule has 1 saturated heterocycles. The van der Waals surface area contributed by atoms with Gasteiger partial charge < -0.3 is 15.3 Å². The molecule has 2 aliphatic heterocycles. The maximum absolute atomic E-state index is 13.7. The number of phenols is 1. The first-order valence-corrected chi connectivity index (χ1v) is 9.45. The number of nitrogens with zero attached hydrogens (tertiary/aromatic N) is 1. The third-order valence-electron chi connectivity index (χ3n) is 5.78. The largest absolute Gasteiger partial charge is 0.508 e. The van der Waals surface area contributed by atoms with Crippen LogP contribution in [-0.4, -0.2) is 23.6 Å². The first kappa shape index (κ1) is 17.1. The van der Waals surface area contributed by atoms with E-state index in [9.17, 15) is 9.90 Å². The number of hydrogen-bond acceptors (Lipinski definition) is 3. The number of fused-ring (bicyclic) bond motifs is 2. The Morgan fingerprint density at radius 1 is 1.23 bits per heavy atom. The van der Waals surface area contributed by atoms with Crippen LogP contribution in [0, 0.1) is 5.92 Å². The molecule has 136 valence electrons. The summed E-state index contributed by atoms with van der Waals surface area (Å²) >= 11 is 0. The predicted octanol–water partition coefficient (Wildman–Crippen LogP) is 3.58. The van der Waals surface area contributed by atoms with Gasteiger partial charge in [-0.25, -0.2) is 0 Å². The number of aromatic hydroxyl groups is 1. The Labute approximate surface area is 154 Å². The number of anilines is 1. The Morgan fingerprint density at radius 3 is 2.73 bits per heavy atom. The zero-order valence-electron chi connectivity index (χ0n) is 15.4. The van der Waals surface area contributed by atoms with Gasteiger partial charge in [-0.1, -0.05) is 50.2 Å². The molecule has 2 atom stereocenters. The molecule has 2 N–H and O–H groups in total. The van der Waals surface area contributed by atoms with Gasteiger partial charge in [-0.15, -0.1) is 0 Å². The third-order valence-corrected chi connectivity index (χ3v) is 5.78. The van der Waals surface area contributed by atoms with Gasteiger partial charge in [0.2, 0.25) is 5.91 Å². The molecular weight excluding hydrogens is 324 g/mol. The van der Waals surface area contributed by atoms with Gasteiger partial charge in [0.25, 0.3) is 0 Å². The van der Waals surface area contributed by atoms with Gasteiger partial charge in [0.05, 0.1) is 17.6 Å². The molecule has 2 aromatic rings. The van der Waals surface area contributed by atoms with Crippen molar-refractivity contribution in [2.45, 2.75) is 44.7 Å². The van der Waals surface area contributed by atoms with E-state index >= 15 is 0 Å². The van der Waals surface area contributed by atoms with E-state index in [0.717, 1.165) is 36.2 Å². The smallest absolute Gasteiger partial charge is 0.239 e. The standard InChI is InChI=1S/C22H26N2O2/c1-15(2)12-20-22(10-11-23-20)18-9-8-17(25)13-19(18)24(21(22)26)14-16-6-4-3-5-7-16/h3-9,13,15,20,23,25H,10-12,14H2,1-2H3/t20-,22+/m1/s1. The van der Waals surface area contributed by atoms with Crippen LogP contribution in [0.3, 0.4) is 0 Å². The summed E-state index contributed by atoms with van der Waals surface area (Å²) in [7, 11) is 0. The first-order chi connectivity index (χ1) is 12.5. The average molecular weight is 350 g/mol. The zero-order valence-corrected chi connectivity index (χ0v) is 15.4. The van der Waals surface area contributed by atoms with Gasteiger partial charge in [0, 0.05) is 12.1 Å². The predicted molar refractivity (Wildman–Crippen MR) is 103 cm³/mol. The minimum absolute atomic E-state index is 0.138. The van der Waals surface area contributed by atoms with Crippen molar-refractivity contribution < 1.29 is 9.90 Å². The van der Waals surface area contributed by atoms with Gasteiger partial charge in [-0.05, 0) is 42.5 Å². The molecule has 2 aromatic carbocycles. The van der Waals surface area contributed by atoms with E-state index in [2.05, 4.69) is 19.2 Å². The van der Waals surface area contributed by atoms with Gasteiger partial charge in [0.1, 0.15) is 5.75 Å². The summed E-state index contributed by atoms with van der Waals surface area (Å²) in [5, 5.41) is 13.6. The van der Waals surface area contributed by atoms with E-state index in [1.807, 2.05) is 41.3 Å². The molecule has 2 heterocycles. The topological polar surface area (TPSA) is 52.6 Å². The molecule has 1 fully saturated rings. The Bertz CT molecular complexity index is 818. The molecule has 1 amide bonds. The van der Waals surface area contributed by atoms with Crippen molar-refractivity contribution >= 4 is 11.6 Å². The van der Waals surface area contributed by atoms with Gasteiger partial charge in [-0.2, -0.15) is 0 Å². The number of rotatable bonds is 4. The second-order valence-electron chi connectivity index (χ2n) is 7.94. The summed E-state index contributed by atoms with van der Waals surface area (Å²) in [6.45, 7) is 5.79. The average Bonchev–Trinajstić information content (AvgIpc) is 3.12. The van der Waals surface area contributed by atoms with Crippen LogP contribution in [-0.2, 0) is 16.8 Å². The molecule has 0 radical (unpaired) electrons. The van der Waals surface area contributed by atoms with Gasteiger partial charge in [0.15, 0.2) is 0 Å². The van der Waals surface area contributed by atoms with Crippen LogP contribution < -0.4 is 10.2 Å². The van der Waals surface area contributed by atoms with Crippen LogP contribution in [0.5, 0.6) is 5.75 Å². The summed E-state index contributed by atoms with van der Waals surface area (Å²) in [5.41, 5.74) is 2.50. The van der Waals surface area contributed by atoms with Gasteiger partial charge in [-0.3, -0.25) is 4.79 Å².